The molecule has 2 aliphatic carbocycles. The summed E-state index contributed by atoms with van der Waals surface area (Å²) in [4.78, 5) is 35.7. The Hall–Kier alpha value is -3.85. The molecule has 0 radical (unpaired) electrons. The van der Waals surface area contributed by atoms with Gasteiger partial charge in [0.05, 0.1) is 18.9 Å². The minimum absolute atomic E-state index is 0.0202. The van der Waals surface area contributed by atoms with Crippen molar-refractivity contribution in [2.24, 2.45) is 17.8 Å². The van der Waals surface area contributed by atoms with Gasteiger partial charge in [0.15, 0.2) is 5.17 Å². The summed E-state index contributed by atoms with van der Waals surface area (Å²) >= 11 is 0.693. The molecule has 2 unspecified atom stereocenters. The van der Waals surface area contributed by atoms with Gasteiger partial charge in [0, 0.05) is 35.7 Å². The number of hydrogen-bond acceptors (Lipinski definition) is 8. The van der Waals surface area contributed by atoms with E-state index in [1.165, 1.54) is 19.4 Å². The van der Waals surface area contributed by atoms with Gasteiger partial charge in [0.25, 0.3) is 12.3 Å². The van der Waals surface area contributed by atoms with Crippen molar-refractivity contribution in [3.63, 3.8) is 0 Å². The molecule has 196 valence electrons. The number of hydrogen-bond donors (Lipinski definition) is 3. The first-order chi connectivity index (χ1) is 18.2. The molecule has 2 aromatic rings. The molecule has 0 spiro atoms. The summed E-state index contributed by atoms with van der Waals surface area (Å²) in [6.07, 6.45) is 3.23. The predicted octanol–water partition coefficient (Wildman–Crippen LogP) is 4.25. The lowest BCUT2D eigenvalue weighted by molar-refractivity contribution is -0.120. The van der Waals surface area contributed by atoms with Crippen molar-refractivity contribution in [3.8, 4) is 28.7 Å². The lowest BCUT2D eigenvalue weighted by Gasteiger charge is -2.26. The number of anilines is 1. The minimum atomic E-state index is -2.86. The van der Waals surface area contributed by atoms with E-state index in [2.05, 4.69) is 27.1 Å². The minimum Gasteiger partial charge on any atom is -0.494 e. The van der Waals surface area contributed by atoms with Crippen LogP contribution in [-0.4, -0.2) is 45.6 Å². The molecule has 0 aromatic carbocycles. The van der Waals surface area contributed by atoms with Gasteiger partial charge >= 0.3 is 0 Å². The molecular weight excluding hydrogens is 514 g/mol. The Morgan fingerprint density at radius 1 is 1.21 bits per heavy atom. The molecule has 2 saturated carbocycles. The first kappa shape index (κ1) is 25.8. The summed E-state index contributed by atoms with van der Waals surface area (Å²) < 4.78 is 32.4. The molecule has 3 fully saturated rings. The largest absolute Gasteiger partial charge is 0.494 e. The van der Waals surface area contributed by atoms with Gasteiger partial charge in [-0.15, -0.1) is 0 Å². The van der Waals surface area contributed by atoms with E-state index in [-0.39, 0.29) is 50.4 Å². The molecule has 2 amide bonds. The van der Waals surface area contributed by atoms with Crippen LogP contribution in [0.15, 0.2) is 24.5 Å². The third kappa shape index (κ3) is 5.52. The Bertz CT molecular complexity index is 1400. The summed E-state index contributed by atoms with van der Waals surface area (Å²) in [6.45, 7) is 0.471. The van der Waals surface area contributed by atoms with Gasteiger partial charge in [-0.3, -0.25) is 30.3 Å². The van der Waals surface area contributed by atoms with E-state index >= 15 is 0 Å². The Morgan fingerprint density at radius 3 is 2.71 bits per heavy atom. The standard InChI is InChI=1S/C26H24F2N6O3S/c1-37-20-12-31-19(23(27)28)9-17(20)16-10-22(34-7-6-14-8-15(14)25(34)36)32-11-18(16)24(35)33-26(30)38-21(29)5-4-13-2-3-13/h9-15,23,29H,2-3,6-8H2,1H3,(H2,30,33,35). The van der Waals surface area contributed by atoms with Crippen LogP contribution in [0, 0.1) is 40.4 Å². The first-order valence-corrected chi connectivity index (χ1v) is 12.9. The second-order valence-corrected chi connectivity index (χ2v) is 10.4. The number of aromatic nitrogens is 2. The zero-order valence-corrected chi connectivity index (χ0v) is 21.2. The highest BCUT2D eigenvalue weighted by Crippen LogP contribution is 2.47. The number of pyridine rings is 2. The smallest absolute Gasteiger partial charge is 0.280 e. The van der Waals surface area contributed by atoms with Gasteiger partial charge in [-0.2, -0.15) is 0 Å². The number of halogens is 2. The van der Waals surface area contributed by atoms with Crippen molar-refractivity contribution in [3.05, 3.63) is 35.8 Å². The van der Waals surface area contributed by atoms with Gasteiger partial charge in [0.2, 0.25) is 5.91 Å². The average molecular weight is 539 g/mol. The number of carbonyl (C=O) groups is 2. The van der Waals surface area contributed by atoms with Crippen LogP contribution in [0.3, 0.4) is 0 Å². The van der Waals surface area contributed by atoms with E-state index in [0.717, 1.165) is 37.9 Å². The summed E-state index contributed by atoms with van der Waals surface area (Å²) in [5, 5.41) is 18.0. The fourth-order valence-corrected chi connectivity index (χ4v) is 4.83. The quantitative estimate of drug-likeness (QED) is 0.296. The maximum Gasteiger partial charge on any atom is 0.280 e. The number of thioether (sulfide) groups is 1. The van der Waals surface area contributed by atoms with E-state index < -0.39 is 18.0 Å². The first-order valence-electron chi connectivity index (χ1n) is 12.1. The molecular formula is C26H24F2N6O3S. The van der Waals surface area contributed by atoms with Crippen molar-refractivity contribution in [2.45, 2.75) is 32.1 Å². The number of rotatable bonds is 5. The number of nitrogens with one attached hydrogen (secondary N) is 3. The van der Waals surface area contributed by atoms with Crippen molar-refractivity contribution in [1.29, 1.82) is 10.8 Å². The molecule has 3 aliphatic rings. The maximum absolute atomic E-state index is 13.5. The van der Waals surface area contributed by atoms with E-state index in [1.807, 2.05) is 0 Å². The Labute approximate surface area is 221 Å². The van der Waals surface area contributed by atoms with Crippen molar-refractivity contribution in [1.82, 2.24) is 15.3 Å². The van der Waals surface area contributed by atoms with Crippen LogP contribution in [0.25, 0.3) is 11.1 Å². The monoisotopic (exact) mass is 538 g/mol. The molecule has 3 N–H and O–H groups in total. The highest BCUT2D eigenvalue weighted by molar-refractivity contribution is 8.26. The van der Waals surface area contributed by atoms with Crippen molar-refractivity contribution in [2.75, 3.05) is 18.6 Å². The number of fused-ring (bicyclic) bond motifs is 1. The molecule has 0 bridgehead atoms. The molecule has 5 rings (SSSR count). The zero-order valence-electron chi connectivity index (χ0n) is 20.4. The molecule has 3 heterocycles. The van der Waals surface area contributed by atoms with Gasteiger partial charge in [-0.1, -0.05) is 5.92 Å². The number of methoxy groups -OCH3 is 1. The summed E-state index contributed by atoms with van der Waals surface area (Å²) in [7, 11) is 1.35. The van der Waals surface area contributed by atoms with Crippen LogP contribution in [0.5, 0.6) is 5.75 Å². The molecule has 1 saturated heterocycles. The third-order valence-corrected chi connectivity index (χ3v) is 7.27. The summed E-state index contributed by atoms with van der Waals surface area (Å²) in [6, 6.07) is 2.64. The van der Waals surface area contributed by atoms with Crippen LogP contribution in [0.4, 0.5) is 14.6 Å². The number of piperidine rings is 1. The van der Waals surface area contributed by atoms with E-state index in [9.17, 15) is 18.4 Å². The normalized spacial score (nSPS) is 19.8. The average Bonchev–Trinajstić information content (AvgIpc) is 3.82. The molecule has 2 atom stereocenters. The Balaban J connectivity index is 1.48. The fourth-order valence-electron chi connectivity index (χ4n) is 4.37. The number of nitrogens with zero attached hydrogens (tertiary/aromatic N) is 3. The molecule has 12 heteroatoms. The molecule has 38 heavy (non-hydrogen) atoms. The van der Waals surface area contributed by atoms with Crippen LogP contribution < -0.4 is 15.0 Å². The second kappa shape index (κ2) is 10.5. The molecule has 1 aliphatic heterocycles. The topological polar surface area (TPSA) is 132 Å². The van der Waals surface area contributed by atoms with Gasteiger partial charge in [-0.25, -0.2) is 13.8 Å². The van der Waals surface area contributed by atoms with E-state index in [1.54, 1.807) is 4.90 Å². The Morgan fingerprint density at radius 2 is 2.00 bits per heavy atom. The van der Waals surface area contributed by atoms with Crippen LogP contribution >= 0.6 is 11.8 Å². The van der Waals surface area contributed by atoms with Crippen molar-refractivity contribution >= 4 is 39.6 Å². The van der Waals surface area contributed by atoms with E-state index in [4.69, 9.17) is 15.6 Å². The number of carbonyl (C=O) groups excluding carboxylic acids is 2. The summed E-state index contributed by atoms with van der Waals surface area (Å²) in [5.41, 5.74) is -0.164. The second-order valence-electron chi connectivity index (χ2n) is 9.34. The van der Waals surface area contributed by atoms with Crippen LogP contribution in [0.2, 0.25) is 0 Å². The number of alkyl halides is 2. The van der Waals surface area contributed by atoms with Gasteiger partial charge in [0.1, 0.15) is 22.3 Å². The van der Waals surface area contributed by atoms with Crippen LogP contribution in [-0.2, 0) is 4.79 Å². The Kier molecular flexibility index (Phi) is 7.12. The maximum atomic E-state index is 13.5. The van der Waals surface area contributed by atoms with Crippen molar-refractivity contribution < 1.29 is 23.1 Å². The van der Waals surface area contributed by atoms with Gasteiger partial charge < -0.3 is 10.1 Å². The number of amidine groups is 1. The lowest BCUT2D eigenvalue weighted by Crippen LogP contribution is -2.38. The lowest BCUT2D eigenvalue weighted by atomic mass is 9.99. The number of ether oxygens (including phenoxy) is 1. The fraction of sp³-hybridized carbons (Fsp3) is 0.385. The predicted molar refractivity (Wildman–Crippen MR) is 139 cm³/mol. The van der Waals surface area contributed by atoms with Gasteiger partial charge in [-0.05, 0) is 61.4 Å². The third-order valence-electron chi connectivity index (χ3n) is 6.66. The highest BCUT2D eigenvalue weighted by atomic mass is 32.2. The zero-order chi connectivity index (χ0) is 27.0. The van der Waals surface area contributed by atoms with Crippen LogP contribution in [0.1, 0.15) is 48.2 Å². The highest BCUT2D eigenvalue weighted by Gasteiger charge is 2.48. The molecule has 2 aromatic heterocycles. The summed E-state index contributed by atoms with van der Waals surface area (Å²) in [5.74, 6) is 5.92. The number of amides is 2. The van der Waals surface area contributed by atoms with E-state index in [0.29, 0.717) is 30.0 Å². The SMILES string of the molecule is COc1cnc(C(F)F)cc1-c1cc(N2CCC3CC3C2=O)ncc1C(=O)NC(=N)SC(=N)C#CC1CC1. The molecule has 9 nitrogen and oxygen atoms in total.